The highest BCUT2D eigenvalue weighted by Crippen LogP contribution is 2.24. The summed E-state index contributed by atoms with van der Waals surface area (Å²) < 4.78 is 36.5. The van der Waals surface area contributed by atoms with E-state index in [1.807, 2.05) is 13.2 Å². The predicted molar refractivity (Wildman–Crippen MR) is 55.6 cm³/mol. The van der Waals surface area contributed by atoms with E-state index in [2.05, 4.69) is 5.32 Å². The zero-order chi connectivity index (χ0) is 11.9. The molecule has 0 aliphatic rings. The third kappa shape index (κ3) is 6.63. The van der Waals surface area contributed by atoms with Crippen molar-refractivity contribution in [1.82, 2.24) is 5.32 Å². The van der Waals surface area contributed by atoms with Gasteiger partial charge in [-0.3, -0.25) is 0 Å². The lowest BCUT2D eigenvalue weighted by molar-refractivity contribution is -0.157. The Labute approximate surface area is 92.2 Å². The van der Waals surface area contributed by atoms with E-state index in [-0.39, 0.29) is 12.6 Å². The van der Waals surface area contributed by atoms with E-state index >= 15 is 0 Å². The summed E-state index contributed by atoms with van der Waals surface area (Å²) in [7, 11) is 0. The summed E-state index contributed by atoms with van der Waals surface area (Å²) in [5.74, 6) is -1.01. The third-order valence-electron chi connectivity index (χ3n) is 1.98. The van der Waals surface area contributed by atoms with Crippen LogP contribution >= 0.6 is 11.8 Å². The van der Waals surface area contributed by atoms with Gasteiger partial charge in [-0.2, -0.15) is 30.2 Å². The van der Waals surface area contributed by atoms with Crippen LogP contribution in [0.2, 0.25) is 0 Å². The molecule has 0 radical (unpaired) electrons. The first-order chi connectivity index (χ1) is 6.91. The van der Waals surface area contributed by atoms with E-state index in [9.17, 15) is 13.2 Å². The third-order valence-corrected chi connectivity index (χ3v) is 2.62. The second-order valence-corrected chi connectivity index (χ2v) is 4.30. The lowest BCUT2D eigenvalue weighted by atomic mass is 10.1. The fourth-order valence-electron chi connectivity index (χ4n) is 0.950. The van der Waals surface area contributed by atoms with Gasteiger partial charge in [0.2, 0.25) is 0 Å². The van der Waals surface area contributed by atoms with E-state index in [0.717, 1.165) is 12.2 Å². The Morgan fingerprint density at radius 1 is 1.47 bits per heavy atom. The van der Waals surface area contributed by atoms with Crippen molar-refractivity contribution in [2.75, 3.05) is 18.6 Å². The summed E-state index contributed by atoms with van der Waals surface area (Å²) in [6.45, 7) is 1.50. The summed E-state index contributed by atoms with van der Waals surface area (Å²) in [5, 5.41) is 11.1. The molecule has 0 rings (SSSR count). The molecule has 0 bridgehead atoms. The number of thioether (sulfide) groups is 1. The number of halogens is 3. The number of alkyl halides is 3. The molecule has 0 aromatic carbocycles. The Kier molecular flexibility index (Phi) is 6.77. The van der Waals surface area contributed by atoms with Crippen LogP contribution in [-0.4, -0.2) is 30.8 Å². The van der Waals surface area contributed by atoms with Gasteiger partial charge in [0.1, 0.15) is 0 Å². The molecular weight excluding hydrogens is 225 g/mol. The monoisotopic (exact) mass is 240 g/mol. The number of hydrogen-bond donors (Lipinski definition) is 1. The second kappa shape index (κ2) is 6.96. The number of nitrogens with zero attached hydrogens (tertiary/aromatic N) is 1. The van der Waals surface area contributed by atoms with Crippen LogP contribution < -0.4 is 5.32 Å². The molecule has 0 heterocycles. The Bertz CT molecular complexity index is 212. The molecule has 6 heteroatoms. The summed E-state index contributed by atoms with van der Waals surface area (Å²) in [6, 6.07) is 1.27. The molecule has 0 fully saturated rings. The van der Waals surface area contributed by atoms with Crippen LogP contribution in [0.15, 0.2) is 0 Å². The van der Waals surface area contributed by atoms with Crippen molar-refractivity contribution in [2.45, 2.75) is 25.6 Å². The zero-order valence-electron chi connectivity index (χ0n) is 8.77. The van der Waals surface area contributed by atoms with Gasteiger partial charge in [-0.1, -0.05) is 0 Å². The highest BCUT2D eigenvalue weighted by Gasteiger charge is 2.39. The molecule has 88 valence electrons. The minimum atomic E-state index is -4.43. The summed E-state index contributed by atoms with van der Waals surface area (Å²) >= 11 is 1.65. The molecule has 0 saturated heterocycles. The zero-order valence-corrected chi connectivity index (χ0v) is 9.58. The Morgan fingerprint density at radius 3 is 2.47 bits per heavy atom. The number of hydrogen-bond acceptors (Lipinski definition) is 3. The van der Waals surface area contributed by atoms with Crippen molar-refractivity contribution in [1.29, 1.82) is 5.26 Å². The molecule has 15 heavy (non-hydrogen) atoms. The van der Waals surface area contributed by atoms with E-state index in [4.69, 9.17) is 5.26 Å². The van der Waals surface area contributed by atoms with E-state index in [0.29, 0.717) is 0 Å². The Balaban J connectivity index is 3.87. The quantitative estimate of drug-likeness (QED) is 0.774. The highest BCUT2D eigenvalue weighted by atomic mass is 32.2. The Hall–Kier alpha value is -0.410. The second-order valence-electron chi connectivity index (χ2n) is 3.31. The van der Waals surface area contributed by atoms with Crippen molar-refractivity contribution in [3.8, 4) is 6.07 Å². The first kappa shape index (κ1) is 14.6. The van der Waals surface area contributed by atoms with Gasteiger partial charge in [0, 0.05) is 12.6 Å². The van der Waals surface area contributed by atoms with Crippen molar-refractivity contribution in [2.24, 2.45) is 5.92 Å². The highest BCUT2D eigenvalue weighted by molar-refractivity contribution is 7.98. The van der Waals surface area contributed by atoms with Crippen LogP contribution in [0.4, 0.5) is 13.2 Å². The fraction of sp³-hybridized carbons (Fsp3) is 0.889. The van der Waals surface area contributed by atoms with Gasteiger partial charge in [-0.25, -0.2) is 0 Å². The normalized spacial score (nSPS) is 15.7. The van der Waals surface area contributed by atoms with Crippen molar-refractivity contribution < 1.29 is 13.2 Å². The number of nitriles is 1. The standard InChI is InChI=1S/C9H15F3N2S/c1-7(3-4-15-2)14-6-8(5-13)9(10,11)12/h7-8,14H,3-4,6H2,1-2H3. The first-order valence-electron chi connectivity index (χ1n) is 4.60. The van der Waals surface area contributed by atoms with Crippen molar-refractivity contribution in [3.05, 3.63) is 0 Å². The van der Waals surface area contributed by atoms with Crippen LogP contribution in [-0.2, 0) is 0 Å². The Morgan fingerprint density at radius 2 is 2.07 bits per heavy atom. The van der Waals surface area contributed by atoms with Crippen LogP contribution in [0, 0.1) is 17.2 Å². The average molecular weight is 240 g/mol. The minimum absolute atomic E-state index is 0.00986. The van der Waals surface area contributed by atoms with Crippen molar-refractivity contribution >= 4 is 11.8 Å². The largest absolute Gasteiger partial charge is 0.405 e. The molecule has 2 atom stereocenters. The minimum Gasteiger partial charge on any atom is -0.313 e. The molecule has 0 aliphatic heterocycles. The lowest BCUT2D eigenvalue weighted by Crippen LogP contribution is -2.37. The van der Waals surface area contributed by atoms with E-state index in [1.54, 1.807) is 11.8 Å². The summed E-state index contributed by atoms with van der Waals surface area (Å²) in [4.78, 5) is 0. The van der Waals surface area contributed by atoms with Gasteiger partial charge < -0.3 is 5.32 Å². The van der Waals surface area contributed by atoms with Gasteiger partial charge in [-0.05, 0) is 25.4 Å². The lowest BCUT2D eigenvalue weighted by Gasteiger charge is -2.17. The SMILES string of the molecule is CSCCC(C)NCC(C#N)C(F)(F)F. The molecule has 0 spiro atoms. The number of nitrogens with one attached hydrogen (secondary N) is 1. The van der Waals surface area contributed by atoms with Gasteiger partial charge in [0.15, 0.2) is 5.92 Å². The molecule has 0 amide bonds. The molecule has 0 aliphatic carbocycles. The average Bonchev–Trinajstić information content (AvgIpc) is 2.13. The van der Waals surface area contributed by atoms with E-state index in [1.165, 1.54) is 6.07 Å². The van der Waals surface area contributed by atoms with Gasteiger partial charge in [-0.15, -0.1) is 0 Å². The van der Waals surface area contributed by atoms with Crippen LogP contribution in [0.3, 0.4) is 0 Å². The maximum atomic E-state index is 12.2. The molecule has 0 aromatic rings. The maximum Gasteiger partial charge on any atom is 0.405 e. The molecule has 2 unspecified atom stereocenters. The first-order valence-corrected chi connectivity index (χ1v) is 5.99. The topological polar surface area (TPSA) is 35.8 Å². The fourth-order valence-corrected chi connectivity index (χ4v) is 1.54. The number of rotatable bonds is 6. The molecular formula is C9H15F3N2S. The van der Waals surface area contributed by atoms with Crippen LogP contribution in [0.5, 0.6) is 0 Å². The maximum absolute atomic E-state index is 12.2. The molecule has 1 N–H and O–H groups in total. The molecule has 0 aromatic heterocycles. The van der Waals surface area contributed by atoms with Gasteiger partial charge >= 0.3 is 6.18 Å². The predicted octanol–water partition coefficient (Wildman–Crippen LogP) is 2.42. The van der Waals surface area contributed by atoms with E-state index < -0.39 is 12.1 Å². The summed E-state index contributed by atoms with van der Waals surface area (Å²) in [6.07, 6.45) is -1.68. The van der Waals surface area contributed by atoms with Crippen molar-refractivity contribution in [3.63, 3.8) is 0 Å². The summed E-state index contributed by atoms with van der Waals surface area (Å²) in [5.41, 5.74) is 0. The van der Waals surface area contributed by atoms with Crippen LogP contribution in [0.25, 0.3) is 0 Å². The van der Waals surface area contributed by atoms with Gasteiger partial charge in [0.25, 0.3) is 0 Å². The van der Waals surface area contributed by atoms with Gasteiger partial charge in [0.05, 0.1) is 6.07 Å². The molecule has 0 saturated carbocycles. The smallest absolute Gasteiger partial charge is 0.313 e. The van der Waals surface area contributed by atoms with Crippen LogP contribution in [0.1, 0.15) is 13.3 Å². The molecule has 2 nitrogen and oxygen atoms in total.